The number of benzene rings is 1. The molecule has 5 heteroatoms. The van der Waals surface area contributed by atoms with Crippen LogP contribution in [0.4, 0.5) is 0 Å². The van der Waals surface area contributed by atoms with Gasteiger partial charge >= 0.3 is 5.97 Å². The highest BCUT2D eigenvalue weighted by atomic mass is 32.2. The van der Waals surface area contributed by atoms with Crippen molar-refractivity contribution in [2.75, 3.05) is 5.75 Å². The first-order chi connectivity index (χ1) is 9.66. The van der Waals surface area contributed by atoms with Gasteiger partial charge in [0.05, 0.1) is 5.60 Å². The minimum Gasteiger partial charge on any atom is -0.460 e. The van der Waals surface area contributed by atoms with Crippen molar-refractivity contribution in [1.82, 2.24) is 0 Å². The van der Waals surface area contributed by atoms with Crippen LogP contribution in [0.2, 0.25) is 0 Å². The van der Waals surface area contributed by atoms with Crippen molar-refractivity contribution in [2.45, 2.75) is 36.8 Å². The van der Waals surface area contributed by atoms with Crippen LogP contribution in [-0.2, 0) is 20.9 Å². The lowest BCUT2D eigenvalue weighted by atomic mass is 9.83. The third kappa shape index (κ3) is 2.27. The topological polar surface area (TPSA) is 35.5 Å². The van der Waals surface area contributed by atoms with E-state index in [1.54, 1.807) is 11.8 Å². The first-order valence-corrected chi connectivity index (χ1v) is 7.97. The van der Waals surface area contributed by atoms with Gasteiger partial charge in [0.2, 0.25) is 0 Å². The Morgan fingerprint density at radius 1 is 1.50 bits per heavy atom. The molecule has 2 aliphatic rings. The molecular formula is C15H17BO3S. The van der Waals surface area contributed by atoms with Gasteiger partial charge in [-0.2, -0.15) is 11.8 Å². The molecule has 3 nitrogen and oxygen atoms in total. The van der Waals surface area contributed by atoms with Crippen LogP contribution in [0, 0.1) is 5.92 Å². The summed E-state index contributed by atoms with van der Waals surface area (Å²) < 4.78 is 11.3. The standard InChI is InChI=1S/C15H17BO3S/c1-2-15-9-20-12(13(16)19-15)11(15)14(17)18-8-10-6-4-3-5-7-10/h3-7,11-13H,2,8-9H2,1H3/t11-,12?,13+,15-/m0/s1. The zero-order valence-electron chi connectivity index (χ0n) is 11.5. The second-order valence-corrected chi connectivity index (χ2v) is 6.51. The molecule has 20 heavy (non-hydrogen) atoms. The maximum atomic E-state index is 12.4. The van der Waals surface area contributed by atoms with Gasteiger partial charge < -0.3 is 9.47 Å². The highest BCUT2D eigenvalue weighted by Crippen LogP contribution is 2.53. The molecule has 3 rings (SSSR count). The maximum absolute atomic E-state index is 12.4. The van der Waals surface area contributed by atoms with Crippen LogP contribution in [0.15, 0.2) is 30.3 Å². The van der Waals surface area contributed by atoms with Crippen molar-refractivity contribution < 1.29 is 14.3 Å². The fourth-order valence-electron chi connectivity index (χ4n) is 3.03. The van der Waals surface area contributed by atoms with Crippen LogP contribution in [0.5, 0.6) is 0 Å². The molecule has 2 aliphatic heterocycles. The van der Waals surface area contributed by atoms with Crippen LogP contribution in [-0.4, -0.2) is 36.4 Å². The number of hydrogen-bond acceptors (Lipinski definition) is 4. The summed E-state index contributed by atoms with van der Waals surface area (Å²) in [5.41, 5.74) is 0.567. The monoisotopic (exact) mass is 288 g/mol. The van der Waals surface area contributed by atoms with Crippen molar-refractivity contribution in [3.63, 3.8) is 0 Å². The van der Waals surface area contributed by atoms with Gasteiger partial charge in [-0.1, -0.05) is 37.3 Å². The van der Waals surface area contributed by atoms with E-state index in [-0.39, 0.29) is 23.1 Å². The number of esters is 1. The second-order valence-electron chi connectivity index (χ2n) is 5.35. The van der Waals surface area contributed by atoms with E-state index < -0.39 is 5.60 Å². The highest BCUT2D eigenvalue weighted by Gasteiger charge is 2.61. The van der Waals surface area contributed by atoms with Gasteiger partial charge in [0.15, 0.2) is 0 Å². The van der Waals surface area contributed by atoms with Crippen molar-refractivity contribution in [3.05, 3.63) is 35.9 Å². The van der Waals surface area contributed by atoms with Gasteiger partial charge in [0.25, 0.3) is 0 Å². The zero-order valence-corrected chi connectivity index (χ0v) is 12.3. The lowest BCUT2D eigenvalue weighted by molar-refractivity contribution is -0.155. The molecule has 2 fully saturated rings. The zero-order chi connectivity index (χ0) is 14.2. The number of rotatable bonds is 4. The molecule has 2 radical (unpaired) electrons. The Hall–Kier alpha value is -0.935. The maximum Gasteiger partial charge on any atom is 0.313 e. The summed E-state index contributed by atoms with van der Waals surface area (Å²) in [5, 5.41) is 0.0261. The molecule has 0 aliphatic carbocycles. The average molecular weight is 288 g/mol. The van der Waals surface area contributed by atoms with E-state index in [9.17, 15) is 4.79 Å². The predicted octanol–water partition coefficient (Wildman–Crippen LogP) is 2.13. The van der Waals surface area contributed by atoms with Gasteiger partial charge in [0.1, 0.15) is 20.4 Å². The van der Waals surface area contributed by atoms with E-state index >= 15 is 0 Å². The average Bonchev–Trinajstić information content (AvgIpc) is 2.98. The molecule has 0 N–H and O–H groups in total. The van der Waals surface area contributed by atoms with Gasteiger partial charge in [-0.15, -0.1) is 0 Å². The van der Waals surface area contributed by atoms with Crippen LogP contribution in [0.3, 0.4) is 0 Å². The Labute approximate surface area is 124 Å². The molecule has 4 atom stereocenters. The minimum absolute atomic E-state index is 0.0261. The van der Waals surface area contributed by atoms with Gasteiger partial charge in [-0.25, -0.2) is 0 Å². The Balaban J connectivity index is 1.68. The number of fused-ring (bicyclic) bond motifs is 2. The molecular weight excluding hydrogens is 271 g/mol. The van der Waals surface area contributed by atoms with Gasteiger partial charge in [-0.05, 0) is 12.0 Å². The van der Waals surface area contributed by atoms with Crippen LogP contribution in [0.1, 0.15) is 18.9 Å². The molecule has 2 saturated heterocycles. The molecule has 104 valence electrons. The van der Waals surface area contributed by atoms with E-state index in [1.807, 2.05) is 37.3 Å². The van der Waals surface area contributed by atoms with E-state index in [0.717, 1.165) is 17.7 Å². The number of carbonyl (C=O) groups excluding carboxylic acids is 1. The van der Waals surface area contributed by atoms with Gasteiger partial charge in [0, 0.05) is 17.0 Å². The SMILES string of the molecule is [B][C@@H]1O[C@@]2(CC)CSC1[C@H]2C(=O)OCc1ccccc1. The van der Waals surface area contributed by atoms with E-state index in [2.05, 4.69) is 0 Å². The molecule has 1 aromatic rings. The number of carbonyl (C=O) groups is 1. The summed E-state index contributed by atoms with van der Waals surface area (Å²) in [4.78, 5) is 12.4. The molecule has 2 bridgehead atoms. The van der Waals surface area contributed by atoms with Crippen molar-refractivity contribution in [1.29, 1.82) is 0 Å². The predicted molar refractivity (Wildman–Crippen MR) is 79.6 cm³/mol. The van der Waals surface area contributed by atoms with Crippen LogP contribution < -0.4 is 0 Å². The highest BCUT2D eigenvalue weighted by molar-refractivity contribution is 8.00. The number of ether oxygens (including phenoxy) is 2. The first-order valence-electron chi connectivity index (χ1n) is 6.92. The van der Waals surface area contributed by atoms with Crippen LogP contribution in [0.25, 0.3) is 0 Å². The Morgan fingerprint density at radius 2 is 2.25 bits per heavy atom. The lowest BCUT2D eigenvalue weighted by Crippen LogP contribution is -2.40. The summed E-state index contributed by atoms with van der Waals surface area (Å²) in [6.07, 6.45) is 0.787. The molecule has 0 amide bonds. The largest absolute Gasteiger partial charge is 0.460 e. The smallest absolute Gasteiger partial charge is 0.313 e. The van der Waals surface area contributed by atoms with Crippen molar-refractivity contribution in [3.8, 4) is 0 Å². The third-order valence-electron chi connectivity index (χ3n) is 4.19. The summed E-state index contributed by atoms with van der Waals surface area (Å²) in [6.45, 7) is 2.35. The normalized spacial score (nSPS) is 35.1. The first kappa shape index (κ1) is 14.0. The van der Waals surface area contributed by atoms with E-state index in [4.69, 9.17) is 17.3 Å². The summed E-state index contributed by atoms with van der Waals surface area (Å²) in [6, 6.07) is 9.35. The summed E-state index contributed by atoms with van der Waals surface area (Å²) in [7, 11) is 5.97. The van der Waals surface area contributed by atoms with Crippen LogP contribution >= 0.6 is 11.8 Å². The Kier molecular flexibility index (Phi) is 3.82. The Bertz CT molecular complexity index is 495. The molecule has 0 spiro atoms. The van der Waals surface area contributed by atoms with Gasteiger partial charge in [-0.3, -0.25) is 4.79 Å². The fraction of sp³-hybridized carbons (Fsp3) is 0.533. The third-order valence-corrected chi connectivity index (χ3v) is 5.77. The van der Waals surface area contributed by atoms with E-state index in [0.29, 0.717) is 6.61 Å². The Morgan fingerprint density at radius 3 is 2.90 bits per heavy atom. The second kappa shape index (κ2) is 5.45. The number of thioether (sulfide) groups is 1. The lowest BCUT2D eigenvalue weighted by Gasteiger charge is -2.29. The quantitative estimate of drug-likeness (QED) is 0.628. The molecule has 1 aromatic carbocycles. The summed E-state index contributed by atoms with van der Waals surface area (Å²) >= 11 is 1.73. The molecule has 0 aromatic heterocycles. The molecule has 0 saturated carbocycles. The fourth-order valence-corrected chi connectivity index (χ4v) is 4.75. The summed E-state index contributed by atoms with van der Waals surface area (Å²) in [5.74, 6) is 0.405. The minimum atomic E-state index is -0.428. The number of hydrogen-bond donors (Lipinski definition) is 0. The van der Waals surface area contributed by atoms with Crippen molar-refractivity contribution >= 4 is 25.6 Å². The van der Waals surface area contributed by atoms with Crippen molar-refractivity contribution in [2.24, 2.45) is 5.92 Å². The molecule has 2 heterocycles. The van der Waals surface area contributed by atoms with E-state index in [1.165, 1.54) is 0 Å². The molecule has 1 unspecified atom stereocenters.